The fourth-order valence-corrected chi connectivity index (χ4v) is 4.87. The maximum Gasteiger partial charge on any atom is 0.150 e. The highest BCUT2D eigenvalue weighted by atomic mass is 32.2. The first-order valence-electron chi connectivity index (χ1n) is 5.97. The van der Waals surface area contributed by atoms with Crippen LogP contribution in [0.5, 0.6) is 0 Å². The monoisotopic (exact) mass is 231 g/mol. The minimum Gasteiger partial charge on any atom is -0.311 e. The number of nitrogens with one attached hydrogen (secondary N) is 1. The molecule has 0 spiro atoms. The van der Waals surface area contributed by atoms with Crippen LogP contribution in [-0.2, 0) is 9.84 Å². The average molecular weight is 231 g/mol. The van der Waals surface area contributed by atoms with Crippen LogP contribution >= 0.6 is 0 Å². The molecule has 2 fully saturated rings. The van der Waals surface area contributed by atoms with E-state index in [1.54, 1.807) is 0 Å². The van der Waals surface area contributed by atoms with Crippen LogP contribution in [0.1, 0.15) is 39.0 Å². The summed E-state index contributed by atoms with van der Waals surface area (Å²) in [4.78, 5) is 0. The molecule has 2 heterocycles. The van der Waals surface area contributed by atoms with E-state index in [1.165, 1.54) is 12.8 Å². The molecular formula is C11H21NO2S. The lowest BCUT2D eigenvalue weighted by atomic mass is 9.78. The standard InChI is InChI=1S/C11H21NO2S/c1-11(6-2-3-7-12-11)10-5-4-8-15(13,14)9-10/h10,12H,2-9H2,1H3. The zero-order chi connectivity index (χ0) is 10.9. The van der Waals surface area contributed by atoms with E-state index in [1.807, 2.05) is 0 Å². The Morgan fingerprint density at radius 1 is 1.27 bits per heavy atom. The predicted octanol–water partition coefficient (Wildman–Crippen LogP) is 1.34. The van der Waals surface area contributed by atoms with E-state index in [2.05, 4.69) is 12.2 Å². The third-order valence-electron chi connectivity index (χ3n) is 4.02. The van der Waals surface area contributed by atoms with Gasteiger partial charge in [-0.25, -0.2) is 8.42 Å². The predicted molar refractivity (Wildman–Crippen MR) is 61.6 cm³/mol. The van der Waals surface area contributed by atoms with Crippen LogP contribution in [0.3, 0.4) is 0 Å². The highest BCUT2D eigenvalue weighted by Crippen LogP contribution is 2.33. The Balaban J connectivity index is 2.08. The summed E-state index contributed by atoms with van der Waals surface area (Å²) in [6.45, 7) is 3.25. The second-order valence-corrected chi connectivity index (χ2v) is 7.48. The Morgan fingerprint density at radius 3 is 2.67 bits per heavy atom. The molecule has 2 aliphatic rings. The highest BCUT2D eigenvalue weighted by Gasteiger charge is 2.39. The SMILES string of the molecule is CC1(C2CCCS(=O)(=O)C2)CCCCN1. The van der Waals surface area contributed by atoms with Crippen molar-refractivity contribution in [3.8, 4) is 0 Å². The van der Waals surface area contributed by atoms with Crippen LogP contribution in [-0.4, -0.2) is 32.0 Å². The molecule has 2 unspecified atom stereocenters. The summed E-state index contributed by atoms with van der Waals surface area (Å²) in [5.74, 6) is 1.13. The molecule has 0 aromatic rings. The van der Waals surface area contributed by atoms with Gasteiger partial charge in [0.1, 0.15) is 0 Å². The van der Waals surface area contributed by atoms with E-state index in [-0.39, 0.29) is 5.54 Å². The van der Waals surface area contributed by atoms with Crippen molar-refractivity contribution in [2.75, 3.05) is 18.1 Å². The molecule has 3 nitrogen and oxygen atoms in total. The fourth-order valence-electron chi connectivity index (χ4n) is 2.95. The van der Waals surface area contributed by atoms with E-state index in [0.717, 1.165) is 25.8 Å². The zero-order valence-electron chi connectivity index (χ0n) is 9.46. The molecular weight excluding hydrogens is 210 g/mol. The molecule has 2 aliphatic heterocycles. The lowest BCUT2D eigenvalue weighted by Gasteiger charge is -2.43. The molecule has 15 heavy (non-hydrogen) atoms. The van der Waals surface area contributed by atoms with Crippen molar-refractivity contribution in [2.24, 2.45) is 5.92 Å². The summed E-state index contributed by atoms with van der Waals surface area (Å²) < 4.78 is 23.2. The molecule has 2 saturated heterocycles. The normalized spacial score (nSPS) is 41.3. The lowest BCUT2D eigenvalue weighted by molar-refractivity contribution is 0.183. The summed E-state index contributed by atoms with van der Waals surface area (Å²) in [5.41, 5.74) is 0.0751. The average Bonchev–Trinajstić information content (AvgIpc) is 2.17. The summed E-state index contributed by atoms with van der Waals surface area (Å²) >= 11 is 0. The Bertz CT molecular complexity index is 317. The number of hydrogen-bond donors (Lipinski definition) is 1. The fraction of sp³-hybridized carbons (Fsp3) is 1.00. The molecule has 0 saturated carbocycles. The van der Waals surface area contributed by atoms with Crippen LogP contribution < -0.4 is 5.32 Å². The quantitative estimate of drug-likeness (QED) is 0.741. The molecule has 4 heteroatoms. The van der Waals surface area contributed by atoms with Crippen molar-refractivity contribution in [2.45, 2.75) is 44.6 Å². The van der Waals surface area contributed by atoms with Crippen molar-refractivity contribution in [1.82, 2.24) is 5.32 Å². The molecule has 0 bridgehead atoms. The first-order chi connectivity index (χ1) is 7.02. The Hall–Kier alpha value is -0.0900. The summed E-state index contributed by atoms with van der Waals surface area (Å²) in [6.07, 6.45) is 5.52. The van der Waals surface area contributed by atoms with E-state index in [4.69, 9.17) is 0 Å². The van der Waals surface area contributed by atoms with E-state index >= 15 is 0 Å². The van der Waals surface area contributed by atoms with E-state index < -0.39 is 9.84 Å². The lowest BCUT2D eigenvalue weighted by Crippen LogP contribution is -2.54. The summed E-state index contributed by atoms with van der Waals surface area (Å²) in [5, 5.41) is 3.54. The van der Waals surface area contributed by atoms with Gasteiger partial charge in [0.05, 0.1) is 11.5 Å². The van der Waals surface area contributed by atoms with Crippen LogP contribution in [0.25, 0.3) is 0 Å². The van der Waals surface area contributed by atoms with Gasteiger partial charge in [-0.1, -0.05) is 6.42 Å². The molecule has 2 atom stereocenters. The molecule has 0 aromatic heterocycles. The summed E-state index contributed by atoms with van der Waals surface area (Å²) in [7, 11) is -2.76. The topological polar surface area (TPSA) is 46.2 Å². The first-order valence-corrected chi connectivity index (χ1v) is 7.79. The molecule has 2 rings (SSSR count). The van der Waals surface area contributed by atoms with Gasteiger partial charge in [0, 0.05) is 5.54 Å². The van der Waals surface area contributed by atoms with Crippen molar-refractivity contribution in [1.29, 1.82) is 0 Å². The third kappa shape index (κ3) is 2.53. The molecule has 0 radical (unpaired) electrons. The van der Waals surface area contributed by atoms with E-state index in [9.17, 15) is 8.42 Å². The van der Waals surface area contributed by atoms with Gasteiger partial charge < -0.3 is 5.32 Å². The second kappa shape index (κ2) is 4.06. The van der Waals surface area contributed by atoms with Crippen molar-refractivity contribution in [3.63, 3.8) is 0 Å². The molecule has 0 aliphatic carbocycles. The van der Waals surface area contributed by atoms with Crippen molar-refractivity contribution in [3.05, 3.63) is 0 Å². The van der Waals surface area contributed by atoms with Gasteiger partial charge in [-0.05, 0) is 45.1 Å². The maximum absolute atomic E-state index is 11.6. The van der Waals surface area contributed by atoms with Gasteiger partial charge in [-0.3, -0.25) is 0 Å². The number of hydrogen-bond acceptors (Lipinski definition) is 3. The Labute approximate surface area is 92.6 Å². The van der Waals surface area contributed by atoms with Gasteiger partial charge in [0.25, 0.3) is 0 Å². The van der Waals surface area contributed by atoms with Gasteiger partial charge in [0.15, 0.2) is 9.84 Å². The second-order valence-electron chi connectivity index (χ2n) is 5.25. The molecule has 0 amide bonds. The number of sulfone groups is 1. The maximum atomic E-state index is 11.6. The molecule has 88 valence electrons. The van der Waals surface area contributed by atoms with Crippen LogP contribution in [0.2, 0.25) is 0 Å². The Morgan fingerprint density at radius 2 is 2.07 bits per heavy atom. The summed E-state index contributed by atoms with van der Waals surface area (Å²) in [6, 6.07) is 0. The minimum absolute atomic E-state index is 0.0751. The van der Waals surface area contributed by atoms with Crippen LogP contribution in [0, 0.1) is 5.92 Å². The smallest absolute Gasteiger partial charge is 0.150 e. The minimum atomic E-state index is -2.76. The third-order valence-corrected chi connectivity index (χ3v) is 5.84. The largest absolute Gasteiger partial charge is 0.311 e. The Kier molecular flexibility index (Phi) is 3.08. The molecule has 1 N–H and O–H groups in total. The highest BCUT2D eigenvalue weighted by molar-refractivity contribution is 7.91. The van der Waals surface area contributed by atoms with Gasteiger partial charge in [-0.2, -0.15) is 0 Å². The van der Waals surface area contributed by atoms with Crippen LogP contribution in [0.15, 0.2) is 0 Å². The van der Waals surface area contributed by atoms with Crippen LogP contribution in [0.4, 0.5) is 0 Å². The zero-order valence-corrected chi connectivity index (χ0v) is 10.3. The van der Waals surface area contributed by atoms with Gasteiger partial charge in [-0.15, -0.1) is 0 Å². The van der Waals surface area contributed by atoms with Gasteiger partial charge in [0.2, 0.25) is 0 Å². The van der Waals surface area contributed by atoms with Gasteiger partial charge >= 0.3 is 0 Å². The van der Waals surface area contributed by atoms with Crippen molar-refractivity contribution < 1.29 is 8.42 Å². The number of rotatable bonds is 1. The first kappa shape index (κ1) is 11.4. The molecule has 0 aromatic carbocycles. The van der Waals surface area contributed by atoms with Crippen molar-refractivity contribution >= 4 is 9.84 Å². The van der Waals surface area contributed by atoms with E-state index in [0.29, 0.717) is 17.4 Å². The number of piperidine rings is 1.